The zero-order valence-electron chi connectivity index (χ0n) is 12.0. The van der Waals surface area contributed by atoms with Gasteiger partial charge in [-0.25, -0.2) is 0 Å². The Labute approximate surface area is 107 Å². The van der Waals surface area contributed by atoms with E-state index in [2.05, 4.69) is 71.8 Å². The molecule has 0 radical (unpaired) electrons. The average molecular weight is 228 g/mol. The first-order chi connectivity index (χ1) is 7.64. The van der Waals surface area contributed by atoms with Gasteiger partial charge in [0.1, 0.15) is 0 Å². The minimum Gasteiger partial charge on any atom is -0.119 e. The van der Waals surface area contributed by atoms with Crippen molar-refractivity contribution in [3.63, 3.8) is 0 Å². The number of hydrogen-bond donors (Lipinski definition) is 0. The molecule has 0 unspecified atom stereocenters. The second-order valence-corrected chi connectivity index (χ2v) is 6.77. The van der Waals surface area contributed by atoms with Crippen molar-refractivity contribution in [2.24, 2.45) is 16.7 Å². The Kier molecular flexibility index (Phi) is 3.72. The zero-order valence-corrected chi connectivity index (χ0v) is 12.0. The van der Waals surface area contributed by atoms with E-state index in [0.717, 1.165) is 0 Å². The molecule has 0 amide bonds. The summed E-state index contributed by atoms with van der Waals surface area (Å²) in [6, 6.07) is 0. The van der Waals surface area contributed by atoms with Gasteiger partial charge in [-0.1, -0.05) is 71.8 Å². The fourth-order valence-corrected chi connectivity index (χ4v) is 1.82. The van der Waals surface area contributed by atoms with Gasteiger partial charge in [0.05, 0.1) is 5.92 Å². The quantitative estimate of drug-likeness (QED) is 0.525. The molecule has 0 heteroatoms. The third-order valence-corrected chi connectivity index (χ3v) is 3.09. The van der Waals surface area contributed by atoms with Crippen LogP contribution in [0.15, 0.2) is 35.5 Å². The third-order valence-electron chi connectivity index (χ3n) is 3.09. The Morgan fingerprint density at radius 1 is 0.882 bits per heavy atom. The number of terminal acetylenes is 1. The molecule has 92 valence electrons. The van der Waals surface area contributed by atoms with E-state index >= 15 is 0 Å². The molecule has 0 aromatic carbocycles. The second kappa shape index (κ2) is 4.57. The Morgan fingerprint density at radius 2 is 1.24 bits per heavy atom. The largest absolute Gasteiger partial charge is 0.119 e. The van der Waals surface area contributed by atoms with Crippen molar-refractivity contribution in [1.82, 2.24) is 0 Å². The van der Waals surface area contributed by atoms with Crippen LogP contribution in [0, 0.1) is 29.1 Å². The highest BCUT2D eigenvalue weighted by Crippen LogP contribution is 2.34. The van der Waals surface area contributed by atoms with Crippen LogP contribution < -0.4 is 0 Å². The molecule has 0 bridgehead atoms. The summed E-state index contributed by atoms with van der Waals surface area (Å²) in [5.74, 6) is 2.96. The molecule has 0 aromatic rings. The van der Waals surface area contributed by atoms with Crippen molar-refractivity contribution in [2.75, 3.05) is 0 Å². The van der Waals surface area contributed by atoms with E-state index in [1.807, 2.05) is 0 Å². The van der Waals surface area contributed by atoms with Gasteiger partial charge in [0.15, 0.2) is 0 Å². The molecular formula is C17H24. The van der Waals surface area contributed by atoms with E-state index in [4.69, 9.17) is 6.42 Å². The maximum absolute atomic E-state index is 5.62. The Morgan fingerprint density at radius 3 is 1.47 bits per heavy atom. The Hall–Kier alpha value is -1.22. The minimum absolute atomic E-state index is 0.105. The fourth-order valence-electron chi connectivity index (χ4n) is 1.82. The van der Waals surface area contributed by atoms with Crippen LogP contribution in [0.3, 0.4) is 0 Å². The summed E-state index contributed by atoms with van der Waals surface area (Å²) < 4.78 is 0. The predicted octanol–water partition coefficient (Wildman–Crippen LogP) is 4.75. The van der Waals surface area contributed by atoms with E-state index in [0.29, 0.717) is 0 Å². The first-order valence-electron chi connectivity index (χ1n) is 6.23. The van der Waals surface area contributed by atoms with Crippen LogP contribution in [-0.4, -0.2) is 0 Å². The molecule has 0 aliphatic heterocycles. The van der Waals surface area contributed by atoms with Crippen LogP contribution in [0.5, 0.6) is 0 Å². The molecule has 1 aliphatic carbocycles. The number of hydrogen-bond acceptors (Lipinski definition) is 0. The lowest BCUT2D eigenvalue weighted by atomic mass is 9.84. The predicted molar refractivity (Wildman–Crippen MR) is 76.5 cm³/mol. The van der Waals surface area contributed by atoms with Crippen molar-refractivity contribution >= 4 is 0 Å². The van der Waals surface area contributed by atoms with Crippen LogP contribution in [-0.2, 0) is 0 Å². The van der Waals surface area contributed by atoms with Gasteiger partial charge in [-0.15, -0.1) is 6.42 Å². The summed E-state index contributed by atoms with van der Waals surface area (Å²) >= 11 is 0. The van der Waals surface area contributed by atoms with Gasteiger partial charge >= 0.3 is 0 Å². The van der Waals surface area contributed by atoms with Gasteiger partial charge in [0.2, 0.25) is 0 Å². The Balaban J connectivity index is 3.18. The smallest absolute Gasteiger partial charge is 0.0572 e. The molecule has 0 saturated heterocycles. The molecule has 0 aromatic heterocycles. The lowest BCUT2D eigenvalue weighted by Gasteiger charge is -2.21. The van der Waals surface area contributed by atoms with Gasteiger partial charge in [-0.2, -0.15) is 0 Å². The van der Waals surface area contributed by atoms with E-state index in [1.54, 1.807) is 0 Å². The van der Waals surface area contributed by atoms with Crippen LogP contribution >= 0.6 is 0 Å². The third kappa shape index (κ3) is 3.63. The number of allylic oxidation sites excluding steroid dienone is 6. The molecule has 0 atom stereocenters. The highest BCUT2D eigenvalue weighted by molar-refractivity contribution is 5.41. The summed E-state index contributed by atoms with van der Waals surface area (Å²) in [4.78, 5) is 0. The number of rotatable bonds is 0. The topological polar surface area (TPSA) is 0 Å². The molecular weight excluding hydrogens is 204 g/mol. The van der Waals surface area contributed by atoms with Crippen molar-refractivity contribution in [3.8, 4) is 12.3 Å². The van der Waals surface area contributed by atoms with Crippen LogP contribution in [0.2, 0.25) is 0 Å². The van der Waals surface area contributed by atoms with E-state index in [9.17, 15) is 0 Å². The van der Waals surface area contributed by atoms with Gasteiger partial charge in [0.25, 0.3) is 0 Å². The molecule has 1 rings (SSSR count). The second-order valence-electron chi connectivity index (χ2n) is 6.77. The normalized spacial score (nSPS) is 18.2. The molecule has 0 fully saturated rings. The van der Waals surface area contributed by atoms with E-state index < -0.39 is 0 Å². The van der Waals surface area contributed by atoms with E-state index in [1.165, 1.54) is 11.1 Å². The monoisotopic (exact) mass is 228 g/mol. The fraction of sp³-hybridized carbons (Fsp3) is 0.529. The molecule has 1 aliphatic rings. The summed E-state index contributed by atoms with van der Waals surface area (Å²) in [7, 11) is 0. The average Bonchev–Trinajstić information content (AvgIpc) is 2.37. The first-order valence-corrected chi connectivity index (χ1v) is 6.23. The van der Waals surface area contributed by atoms with Crippen LogP contribution in [0.4, 0.5) is 0 Å². The Bertz CT molecular complexity index is 374. The standard InChI is InChI=1S/C17H24/c1-8-13-11-14(16(2,3)4)9-10-15(12-13)17(5,6)7/h1,9-13H,2-7H3. The minimum atomic E-state index is 0.105. The summed E-state index contributed by atoms with van der Waals surface area (Å²) in [6.07, 6.45) is 14.5. The van der Waals surface area contributed by atoms with Crippen molar-refractivity contribution in [1.29, 1.82) is 0 Å². The molecule has 0 nitrogen and oxygen atoms in total. The van der Waals surface area contributed by atoms with Gasteiger partial charge < -0.3 is 0 Å². The van der Waals surface area contributed by atoms with Crippen LogP contribution in [0.1, 0.15) is 41.5 Å². The summed E-state index contributed by atoms with van der Waals surface area (Å²) in [6.45, 7) is 13.3. The summed E-state index contributed by atoms with van der Waals surface area (Å²) in [5, 5.41) is 0. The lowest BCUT2D eigenvalue weighted by molar-refractivity contribution is 0.512. The molecule has 0 N–H and O–H groups in total. The SMILES string of the molecule is C#CC1C=C(C(C)(C)C)C=CC(C(C)(C)C)=C1. The molecule has 0 saturated carbocycles. The zero-order chi connectivity index (χ0) is 13.3. The maximum atomic E-state index is 5.62. The van der Waals surface area contributed by atoms with E-state index in [-0.39, 0.29) is 16.7 Å². The van der Waals surface area contributed by atoms with Gasteiger partial charge in [-0.05, 0) is 22.0 Å². The van der Waals surface area contributed by atoms with Crippen molar-refractivity contribution in [3.05, 3.63) is 35.5 Å². The van der Waals surface area contributed by atoms with Crippen molar-refractivity contribution < 1.29 is 0 Å². The van der Waals surface area contributed by atoms with Crippen molar-refractivity contribution in [2.45, 2.75) is 41.5 Å². The lowest BCUT2D eigenvalue weighted by Crippen LogP contribution is -2.08. The summed E-state index contributed by atoms with van der Waals surface area (Å²) in [5.41, 5.74) is 2.92. The van der Waals surface area contributed by atoms with Crippen LogP contribution in [0.25, 0.3) is 0 Å². The molecule has 0 heterocycles. The first kappa shape index (κ1) is 13.8. The highest BCUT2D eigenvalue weighted by Gasteiger charge is 2.21. The van der Waals surface area contributed by atoms with Gasteiger partial charge in [-0.3, -0.25) is 0 Å². The van der Waals surface area contributed by atoms with Gasteiger partial charge in [0, 0.05) is 0 Å². The molecule has 0 spiro atoms. The molecule has 17 heavy (non-hydrogen) atoms. The maximum Gasteiger partial charge on any atom is 0.0572 e. The highest BCUT2D eigenvalue weighted by atomic mass is 14.3.